The number of hydrogen-bond donors (Lipinski definition) is 2. The topological polar surface area (TPSA) is 88.9 Å². The molecule has 1 fully saturated rings. The molecule has 1 aromatic heterocycles. The normalized spacial score (nSPS) is 14.2. The monoisotopic (exact) mass is 353 g/mol. The molecule has 1 saturated carbocycles. The minimum absolute atomic E-state index is 0.00413. The van der Waals surface area contributed by atoms with Gasteiger partial charge in [0.15, 0.2) is 5.69 Å². The zero-order valence-electron chi connectivity index (χ0n) is 13.1. The zero-order chi connectivity index (χ0) is 18.2. The van der Waals surface area contributed by atoms with Crippen LogP contribution in [0.1, 0.15) is 29.0 Å². The molecule has 0 unspecified atom stereocenters. The van der Waals surface area contributed by atoms with Crippen molar-refractivity contribution in [2.45, 2.75) is 32.0 Å². The second-order valence-corrected chi connectivity index (χ2v) is 5.68. The molecule has 1 aliphatic rings. The Hall–Kier alpha value is -2.91. The van der Waals surface area contributed by atoms with Crippen molar-refractivity contribution in [1.82, 2.24) is 20.3 Å². The van der Waals surface area contributed by atoms with Crippen LogP contribution < -0.4 is 10.6 Å². The number of rotatable bonds is 4. The lowest BCUT2D eigenvalue weighted by Gasteiger charge is -2.09. The number of nitrogens with zero attached hydrogens (tertiary/aromatic N) is 3. The largest absolute Gasteiger partial charge is 0.471 e. The van der Waals surface area contributed by atoms with Gasteiger partial charge in [-0.15, -0.1) is 5.10 Å². The quantitative estimate of drug-likeness (QED) is 0.880. The van der Waals surface area contributed by atoms with Crippen LogP contribution in [0.3, 0.4) is 0 Å². The van der Waals surface area contributed by atoms with Crippen LogP contribution >= 0.6 is 0 Å². The Labute approximate surface area is 140 Å². The average molecular weight is 353 g/mol. The minimum Gasteiger partial charge on any atom is -0.348 e. The summed E-state index contributed by atoms with van der Waals surface area (Å²) in [6.45, 7) is 1.67. The van der Waals surface area contributed by atoms with Crippen LogP contribution in [0, 0.1) is 6.92 Å². The Balaban J connectivity index is 1.75. The number of aromatic nitrogens is 3. The zero-order valence-corrected chi connectivity index (χ0v) is 13.1. The van der Waals surface area contributed by atoms with Gasteiger partial charge in [0.25, 0.3) is 5.91 Å². The van der Waals surface area contributed by atoms with E-state index in [1.807, 2.05) is 0 Å². The summed E-state index contributed by atoms with van der Waals surface area (Å²) in [7, 11) is 0. The van der Waals surface area contributed by atoms with E-state index in [9.17, 15) is 22.8 Å². The summed E-state index contributed by atoms with van der Waals surface area (Å²) in [6, 6.07) is 5.74. The number of amides is 2. The van der Waals surface area contributed by atoms with Gasteiger partial charge >= 0.3 is 12.1 Å². The van der Waals surface area contributed by atoms with E-state index in [1.165, 1.54) is 28.9 Å². The third-order valence-corrected chi connectivity index (χ3v) is 3.65. The number of anilines is 1. The Morgan fingerprint density at radius 3 is 2.40 bits per heavy atom. The number of halogens is 3. The van der Waals surface area contributed by atoms with Gasteiger partial charge in [0.2, 0.25) is 0 Å². The number of carbonyl (C=O) groups is 2. The lowest BCUT2D eigenvalue weighted by Crippen LogP contribution is -2.29. The van der Waals surface area contributed by atoms with Gasteiger partial charge in [0.05, 0.1) is 11.4 Å². The molecule has 3 rings (SSSR count). The highest BCUT2D eigenvalue weighted by molar-refractivity contribution is 5.95. The van der Waals surface area contributed by atoms with E-state index in [0.29, 0.717) is 11.4 Å². The van der Waals surface area contributed by atoms with E-state index in [4.69, 9.17) is 0 Å². The van der Waals surface area contributed by atoms with E-state index in [1.54, 1.807) is 12.2 Å². The maximum atomic E-state index is 12.2. The van der Waals surface area contributed by atoms with Crippen LogP contribution in [0.4, 0.5) is 18.9 Å². The molecule has 132 valence electrons. The molecule has 2 N–H and O–H groups in total. The van der Waals surface area contributed by atoms with Crippen molar-refractivity contribution in [3.05, 3.63) is 35.7 Å². The van der Waals surface area contributed by atoms with Crippen LogP contribution in [0.5, 0.6) is 0 Å². The Morgan fingerprint density at radius 2 is 1.84 bits per heavy atom. The van der Waals surface area contributed by atoms with Crippen molar-refractivity contribution in [2.75, 3.05) is 5.32 Å². The summed E-state index contributed by atoms with van der Waals surface area (Å²) >= 11 is 0. The summed E-state index contributed by atoms with van der Waals surface area (Å²) in [6.07, 6.45) is -3.06. The molecule has 1 aliphatic carbocycles. The lowest BCUT2D eigenvalue weighted by atomic mass is 10.2. The van der Waals surface area contributed by atoms with Crippen LogP contribution in [-0.4, -0.2) is 39.0 Å². The molecule has 0 bridgehead atoms. The SMILES string of the molecule is Cc1c(C(=O)NC2CC2)nnn1-c1ccc(NC(=O)C(F)(F)F)cc1. The third kappa shape index (κ3) is 3.78. The molecule has 0 saturated heterocycles. The van der Waals surface area contributed by atoms with E-state index in [0.717, 1.165) is 12.8 Å². The van der Waals surface area contributed by atoms with E-state index in [-0.39, 0.29) is 23.3 Å². The highest BCUT2D eigenvalue weighted by atomic mass is 19.4. The van der Waals surface area contributed by atoms with Gasteiger partial charge < -0.3 is 10.6 Å². The minimum atomic E-state index is -4.95. The van der Waals surface area contributed by atoms with Crippen LogP contribution in [-0.2, 0) is 4.79 Å². The van der Waals surface area contributed by atoms with Crippen molar-refractivity contribution >= 4 is 17.5 Å². The van der Waals surface area contributed by atoms with Crippen molar-refractivity contribution in [3.8, 4) is 5.69 Å². The first kappa shape index (κ1) is 16.9. The van der Waals surface area contributed by atoms with Gasteiger partial charge in [0.1, 0.15) is 0 Å². The second kappa shape index (κ2) is 6.19. The number of benzene rings is 1. The van der Waals surface area contributed by atoms with Gasteiger partial charge in [0, 0.05) is 11.7 Å². The fraction of sp³-hybridized carbons (Fsp3) is 0.333. The first-order valence-corrected chi connectivity index (χ1v) is 7.47. The van der Waals surface area contributed by atoms with Crippen molar-refractivity contribution in [2.24, 2.45) is 0 Å². The number of carbonyl (C=O) groups excluding carboxylic acids is 2. The number of alkyl halides is 3. The van der Waals surface area contributed by atoms with Gasteiger partial charge in [-0.25, -0.2) is 4.68 Å². The molecule has 25 heavy (non-hydrogen) atoms. The van der Waals surface area contributed by atoms with Crippen molar-refractivity contribution < 1.29 is 22.8 Å². The van der Waals surface area contributed by atoms with Gasteiger partial charge in [-0.05, 0) is 44.0 Å². The van der Waals surface area contributed by atoms with E-state index in [2.05, 4.69) is 15.6 Å². The predicted octanol–water partition coefficient (Wildman–Crippen LogP) is 1.97. The van der Waals surface area contributed by atoms with Gasteiger partial charge in [-0.1, -0.05) is 5.21 Å². The Bertz CT molecular complexity index is 810. The summed E-state index contributed by atoms with van der Waals surface area (Å²) in [5.41, 5.74) is 1.20. The van der Waals surface area contributed by atoms with Crippen LogP contribution in [0.2, 0.25) is 0 Å². The fourth-order valence-corrected chi connectivity index (χ4v) is 2.15. The molecule has 0 aliphatic heterocycles. The highest BCUT2D eigenvalue weighted by Crippen LogP contribution is 2.21. The molecule has 1 aromatic carbocycles. The first-order chi connectivity index (χ1) is 11.8. The standard InChI is InChI=1S/C15H14F3N5O2/c1-8-12(13(24)19-9-2-3-9)21-22-23(8)11-6-4-10(5-7-11)20-14(25)15(16,17)18/h4-7,9H,2-3H2,1H3,(H,19,24)(H,20,25). The summed E-state index contributed by atoms with van der Waals surface area (Å²) in [4.78, 5) is 23.0. The van der Waals surface area contributed by atoms with Crippen molar-refractivity contribution in [3.63, 3.8) is 0 Å². The molecule has 0 spiro atoms. The van der Waals surface area contributed by atoms with E-state index >= 15 is 0 Å². The molecule has 0 atom stereocenters. The smallest absolute Gasteiger partial charge is 0.348 e. The molecule has 2 amide bonds. The maximum Gasteiger partial charge on any atom is 0.471 e. The van der Waals surface area contributed by atoms with Crippen LogP contribution in [0.25, 0.3) is 5.69 Å². The summed E-state index contributed by atoms with van der Waals surface area (Å²) in [5, 5.41) is 12.3. The molecular formula is C15H14F3N5O2. The average Bonchev–Trinajstić information content (AvgIpc) is 3.27. The lowest BCUT2D eigenvalue weighted by molar-refractivity contribution is -0.167. The summed E-state index contributed by atoms with van der Waals surface area (Å²) in [5.74, 6) is -2.35. The molecular weight excluding hydrogens is 339 g/mol. The Morgan fingerprint density at radius 1 is 1.20 bits per heavy atom. The predicted molar refractivity (Wildman–Crippen MR) is 81.3 cm³/mol. The molecule has 0 radical (unpaired) electrons. The van der Waals surface area contributed by atoms with Crippen LogP contribution in [0.15, 0.2) is 24.3 Å². The highest BCUT2D eigenvalue weighted by Gasteiger charge is 2.38. The fourth-order valence-electron chi connectivity index (χ4n) is 2.15. The molecule has 1 heterocycles. The second-order valence-electron chi connectivity index (χ2n) is 5.68. The number of hydrogen-bond acceptors (Lipinski definition) is 4. The molecule has 7 nitrogen and oxygen atoms in total. The van der Waals surface area contributed by atoms with Gasteiger partial charge in [-0.2, -0.15) is 13.2 Å². The maximum absolute atomic E-state index is 12.2. The summed E-state index contributed by atoms with van der Waals surface area (Å²) < 4.78 is 38.1. The molecule has 2 aromatic rings. The third-order valence-electron chi connectivity index (χ3n) is 3.65. The first-order valence-electron chi connectivity index (χ1n) is 7.47. The van der Waals surface area contributed by atoms with Crippen molar-refractivity contribution in [1.29, 1.82) is 0 Å². The van der Waals surface area contributed by atoms with Gasteiger partial charge in [-0.3, -0.25) is 9.59 Å². The molecule has 10 heteroatoms. The Kier molecular flexibility index (Phi) is 4.19. The van der Waals surface area contributed by atoms with E-state index < -0.39 is 12.1 Å². The number of nitrogens with one attached hydrogen (secondary N) is 2.